The highest BCUT2D eigenvalue weighted by atomic mass is 35.5. The lowest BCUT2D eigenvalue weighted by atomic mass is 10.1. The van der Waals surface area contributed by atoms with Crippen molar-refractivity contribution in [2.75, 3.05) is 6.54 Å². The third kappa shape index (κ3) is 3.64. The molecule has 0 saturated heterocycles. The normalized spacial score (nSPS) is 13.7. The number of nitrogens with one attached hydrogen (secondary N) is 2. The van der Waals surface area contributed by atoms with Gasteiger partial charge >= 0.3 is 5.69 Å². The van der Waals surface area contributed by atoms with Crippen LogP contribution in [0.25, 0.3) is 11.0 Å². The summed E-state index contributed by atoms with van der Waals surface area (Å²) < 4.78 is 1.50. The average Bonchev–Trinajstić information content (AvgIpc) is 3.46. The first-order chi connectivity index (χ1) is 13.0. The van der Waals surface area contributed by atoms with Crippen molar-refractivity contribution in [2.24, 2.45) is 0 Å². The summed E-state index contributed by atoms with van der Waals surface area (Å²) in [4.78, 5) is 43.1. The van der Waals surface area contributed by atoms with Crippen LogP contribution in [0, 0.1) is 0 Å². The number of halogens is 1. The molecule has 7 nitrogen and oxygen atoms in total. The summed E-state index contributed by atoms with van der Waals surface area (Å²) >= 11 is 5.95. The minimum atomic E-state index is -0.534. The molecule has 0 radical (unpaired) electrons. The Morgan fingerprint density at radius 3 is 2.85 bits per heavy atom. The average molecular weight is 385 g/mol. The van der Waals surface area contributed by atoms with Crippen LogP contribution in [0.3, 0.4) is 0 Å². The second-order valence-electron chi connectivity index (χ2n) is 6.59. The summed E-state index contributed by atoms with van der Waals surface area (Å²) in [5, 5.41) is 3.70. The first kappa shape index (κ1) is 17.5. The highest BCUT2D eigenvalue weighted by Crippen LogP contribution is 2.34. The van der Waals surface area contributed by atoms with E-state index in [9.17, 15) is 14.4 Å². The van der Waals surface area contributed by atoms with E-state index in [2.05, 4.69) is 15.3 Å². The van der Waals surface area contributed by atoms with Gasteiger partial charge in [-0.15, -0.1) is 0 Å². The third-order valence-corrected chi connectivity index (χ3v) is 4.78. The maximum atomic E-state index is 12.4. The van der Waals surface area contributed by atoms with Crippen LogP contribution in [0.1, 0.15) is 34.8 Å². The molecular formula is C19H17ClN4O3. The molecule has 27 heavy (non-hydrogen) atoms. The van der Waals surface area contributed by atoms with Crippen LogP contribution in [-0.2, 0) is 6.42 Å². The summed E-state index contributed by atoms with van der Waals surface area (Å²) in [5.41, 5.74) is 0.625. The van der Waals surface area contributed by atoms with E-state index in [1.165, 1.54) is 16.8 Å². The SMILES string of the molecule is O=C(NCCc1cccc(Cl)c1)c1cnc2c(c1)c(=O)[nH]c(=O)n2C1CC1. The Labute approximate surface area is 159 Å². The van der Waals surface area contributed by atoms with E-state index in [1.54, 1.807) is 6.07 Å². The summed E-state index contributed by atoms with van der Waals surface area (Å²) in [5.74, 6) is -0.324. The van der Waals surface area contributed by atoms with Crippen molar-refractivity contribution in [3.05, 3.63) is 73.5 Å². The second-order valence-corrected chi connectivity index (χ2v) is 7.03. The molecule has 1 saturated carbocycles. The van der Waals surface area contributed by atoms with Crippen LogP contribution in [0.15, 0.2) is 46.1 Å². The van der Waals surface area contributed by atoms with Crippen molar-refractivity contribution in [3.8, 4) is 0 Å². The molecule has 138 valence electrons. The van der Waals surface area contributed by atoms with Gasteiger partial charge in [-0.3, -0.25) is 19.1 Å². The zero-order chi connectivity index (χ0) is 19.0. The maximum absolute atomic E-state index is 12.4. The van der Waals surface area contributed by atoms with Gasteiger partial charge in [-0.05, 0) is 43.0 Å². The van der Waals surface area contributed by atoms with Gasteiger partial charge in [0, 0.05) is 23.8 Å². The number of pyridine rings is 1. The first-order valence-corrected chi connectivity index (χ1v) is 9.08. The van der Waals surface area contributed by atoms with Crippen molar-refractivity contribution >= 4 is 28.5 Å². The number of aromatic nitrogens is 3. The number of hydrogen-bond donors (Lipinski definition) is 2. The van der Waals surface area contributed by atoms with Gasteiger partial charge in [-0.2, -0.15) is 0 Å². The number of aromatic amines is 1. The molecule has 0 aliphatic heterocycles. The molecule has 0 unspecified atom stereocenters. The van der Waals surface area contributed by atoms with Crippen LogP contribution in [0.4, 0.5) is 0 Å². The number of hydrogen-bond acceptors (Lipinski definition) is 4. The monoisotopic (exact) mass is 384 g/mol. The van der Waals surface area contributed by atoms with Crippen molar-refractivity contribution in [2.45, 2.75) is 25.3 Å². The van der Waals surface area contributed by atoms with Crippen LogP contribution in [0.5, 0.6) is 0 Å². The van der Waals surface area contributed by atoms with Gasteiger partial charge in [0.2, 0.25) is 0 Å². The quantitative estimate of drug-likeness (QED) is 0.703. The smallest absolute Gasteiger partial charge is 0.330 e. The second kappa shape index (κ2) is 7.00. The van der Waals surface area contributed by atoms with Gasteiger partial charge in [0.05, 0.1) is 10.9 Å². The van der Waals surface area contributed by atoms with E-state index < -0.39 is 11.2 Å². The van der Waals surface area contributed by atoms with Gasteiger partial charge in [-0.1, -0.05) is 23.7 Å². The predicted molar refractivity (Wildman–Crippen MR) is 102 cm³/mol. The van der Waals surface area contributed by atoms with Gasteiger partial charge in [-0.25, -0.2) is 9.78 Å². The zero-order valence-corrected chi connectivity index (χ0v) is 15.1. The number of H-pyrrole nitrogens is 1. The van der Waals surface area contributed by atoms with Crippen molar-refractivity contribution in [3.63, 3.8) is 0 Å². The number of amides is 1. The number of benzene rings is 1. The lowest BCUT2D eigenvalue weighted by Crippen LogP contribution is -2.31. The van der Waals surface area contributed by atoms with E-state index in [1.807, 2.05) is 18.2 Å². The zero-order valence-electron chi connectivity index (χ0n) is 14.4. The minimum Gasteiger partial charge on any atom is -0.352 e. The van der Waals surface area contributed by atoms with E-state index in [0.29, 0.717) is 23.6 Å². The van der Waals surface area contributed by atoms with Crippen molar-refractivity contribution < 1.29 is 4.79 Å². The highest BCUT2D eigenvalue weighted by Gasteiger charge is 2.27. The molecule has 1 aliphatic rings. The number of carbonyl (C=O) groups excluding carboxylic acids is 1. The molecule has 2 heterocycles. The number of nitrogens with zero attached hydrogens (tertiary/aromatic N) is 2. The van der Waals surface area contributed by atoms with Gasteiger partial charge < -0.3 is 5.32 Å². The lowest BCUT2D eigenvalue weighted by molar-refractivity contribution is 0.0954. The van der Waals surface area contributed by atoms with Crippen molar-refractivity contribution in [1.29, 1.82) is 0 Å². The number of rotatable bonds is 5. The predicted octanol–water partition coefficient (Wildman–Crippen LogP) is 2.05. The molecule has 1 amide bonds. The molecule has 1 aromatic carbocycles. The molecule has 3 aromatic rings. The molecule has 0 atom stereocenters. The largest absolute Gasteiger partial charge is 0.352 e. The molecule has 0 spiro atoms. The summed E-state index contributed by atoms with van der Waals surface area (Å²) in [7, 11) is 0. The number of carbonyl (C=O) groups is 1. The van der Waals surface area contributed by atoms with Gasteiger partial charge in [0.25, 0.3) is 11.5 Å². The lowest BCUT2D eigenvalue weighted by Gasteiger charge is -2.09. The fourth-order valence-corrected chi connectivity index (χ4v) is 3.26. The van der Waals surface area contributed by atoms with Crippen LogP contribution in [0.2, 0.25) is 5.02 Å². The molecule has 1 aliphatic carbocycles. The van der Waals surface area contributed by atoms with E-state index in [0.717, 1.165) is 18.4 Å². The maximum Gasteiger partial charge on any atom is 0.330 e. The molecular weight excluding hydrogens is 368 g/mol. The highest BCUT2D eigenvalue weighted by molar-refractivity contribution is 6.30. The third-order valence-electron chi connectivity index (χ3n) is 4.54. The Hall–Kier alpha value is -2.93. The van der Waals surface area contributed by atoms with Crippen LogP contribution in [-0.4, -0.2) is 27.0 Å². The summed E-state index contributed by atoms with van der Waals surface area (Å²) in [6.07, 6.45) is 3.80. The Kier molecular flexibility index (Phi) is 4.53. The summed E-state index contributed by atoms with van der Waals surface area (Å²) in [6.45, 7) is 0.426. The molecule has 1 fully saturated rings. The van der Waals surface area contributed by atoms with Gasteiger partial charge in [0.15, 0.2) is 0 Å². The molecule has 2 N–H and O–H groups in total. The fourth-order valence-electron chi connectivity index (χ4n) is 3.05. The Bertz CT molecular complexity index is 1150. The fraction of sp³-hybridized carbons (Fsp3) is 0.263. The minimum absolute atomic E-state index is 0.0710. The molecule has 2 aromatic heterocycles. The molecule has 8 heteroatoms. The van der Waals surface area contributed by atoms with E-state index in [-0.39, 0.29) is 22.9 Å². The van der Waals surface area contributed by atoms with Crippen molar-refractivity contribution in [1.82, 2.24) is 19.9 Å². The van der Waals surface area contributed by atoms with Crippen LogP contribution >= 0.6 is 11.6 Å². The van der Waals surface area contributed by atoms with Gasteiger partial charge in [0.1, 0.15) is 5.65 Å². The first-order valence-electron chi connectivity index (χ1n) is 8.70. The molecule has 0 bridgehead atoms. The van der Waals surface area contributed by atoms with Crippen LogP contribution < -0.4 is 16.6 Å². The summed E-state index contributed by atoms with van der Waals surface area (Å²) in [6, 6.07) is 8.99. The Morgan fingerprint density at radius 2 is 2.11 bits per heavy atom. The van der Waals surface area contributed by atoms with E-state index >= 15 is 0 Å². The molecule has 4 rings (SSSR count). The topological polar surface area (TPSA) is 96.8 Å². The van der Waals surface area contributed by atoms with E-state index in [4.69, 9.17) is 11.6 Å². The Morgan fingerprint density at radius 1 is 1.30 bits per heavy atom. The Balaban J connectivity index is 1.54. The standard InChI is InChI=1S/C19H17ClN4O3/c20-13-3-1-2-11(8-13)6-7-21-17(25)12-9-15-16(22-10-12)24(14-4-5-14)19(27)23-18(15)26/h1-3,8-10,14H,4-7H2,(H,21,25)(H,23,26,27). The number of fused-ring (bicyclic) bond motifs is 1.